The summed E-state index contributed by atoms with van der Waals surface area (Å²) in [5.74, 6) is 0.379. The summed E-state index contributed by atoms with van der Waals surface area (Å²) in [5, 5.41) is 9.41. The van der Waals surface area contributed by atoms with E-state index in [9.17, 15) is 5.11 Å². The molecular weight excluding hydrogens is 385 g/mol. The van der Waals surface area contributed by atoms with Crippen molar-refractivity contribution in [3.63, 3.8) is 0 Å². The zero-order valence-corrected chi connectivity index (χ0v) is 17.9. The predicted molar refractivity (Wildman–Crippen MR) is 104 cm³/mol. The molecule has 2 fully saturated rings. The van der Waals surface area contributed by atoms with E-state index in [-0.39, 0.29) is 26.2 Å². The number of nitrogens with zero attached hydrogens (tertiary/aromatic N) is 1. The Hall–Kier alpha value is 0.353. The standard InChI is InChI=1S/C12H23NO.2C5H5.Zr/c14-12-10-8-6-4-2-1-3-5-7-9-11-13-12;2*1-2-4-5-3-1;/h1-11H2,(H,13,14);2*1-5H;/q;;;+2. The van der Waals surface area contributed by atoms with Crippen molar-refractivity contribution in [2.24, 2.45) is 4.99 Å². The zero-order valence-electron chi connectivity index (χ0n) is 15.4. The molecule has 1 aliphatic heterocycles. The van der Waals surface area contributed by atoms with Crippen LogP contribution in [0.2, 0.25) is 0 Å². The number of aliphatic imine (C=N–C) groups is 1. The van der Waals surface area contributed by atoms with Gasteiger partial charge in [0.05, 0.1) is 0 Å². The molecule has 0 unspecified atom stereocenters. The van der Waals surface area contributed by atoms with Gasteiger partial charge in [-0.3, -0.25) is 4.99 Å². The van der Waals surface area contributed by atoms with Crippen LogP contribution in [0, 0.1) is 64.2 Å². The summed E-state index contributed by atoms with van der Waals surface area (Å²) in [6, 6.07) is 0. The molecule has 10 radical (unpaired) electrons. The second-order valence-electron chi connectivity index (χ2n) is 6.15. The molecule has 3 heteroatoms. The Bertz CT molecular complexity index is 261. The second-order valence-corrected chi connectivity index (χ2v) is 6.15. The summed E-state index contributed by atoms with van der Waals surface area (Å²) in [6.07, 6.45) is 32.4. The first kappa shape index (κ1) is 25.4. The molecule has 1 N–H and O–H groups in total. The summed E-state index contributed by atoms with van der Waals surface area (Å²) < 4.78 is 0. The molecule has 0 aromatic rings. The fourth-order valence-electron chi connectivity index (χ4n) is 2.56. The van der Waals surface area contributed by atoms with Crippen molar-refractivity contribution in [3.05, 3.63) is 64.2 Å². The van der Waals surface area contributed by atoms with Crippen molar-refractivity contribution >= 4 is 5.90 Å². The van der Waals surface area contributed by atoms with Crippen LogP contribution in [0.3, 0.4) is 0 Å². The topological polar surface area (TPSA) is 32.6 Å². The number of aliphatic hydroxyl groups is 1. The number of aliphatic hydroxyl groups excluding tert-OH is 1. The van der Waals surface area contributed by atoms with Crippen molar-refractivity contribution < 1.29 is 31.3 Å². The van der Waals surface area contributed by atoms with Crippen LogP contribution < -0.4 is 0 Å². The first-order chi connectivity index (χ1) is 11.9. The van der Waals surface area contributed by atoms with E-state index >= 15 is 0 Å². The molecule has 3 aliphatic rings. The van der Waals surface area contributed by atoms with Gasteiger partial charge in [0.25, 0.3) is 0 Å². The van der Waals surface area contributed by atoms with E-state index < -0.39 is 0 Å². The third-order valence-electron chi connectivity index (χ3n) is 3.96. The van der Waals surface area contributed by atoms with Gasteiger partial charge in [-0.05, 0) is 77.0 Å². The van der Waals surface area contributed by atoms with E-state index in [1.54, 1.807) is 0 Å². The molecule has 25 heavy (non-hydrogen) atoms. The molecule has 3 rings (SSSR count). The molecule has 134 valence electrons. The van der Waals surface area contributed by atoms with Gasteiger partial charge >= 0.3 is 26.2 Å². The fraction of sp³-hybridized carbons (Fsp3) is 0.500. The van der Waals surface area contributed by atoms with Crippen molar-refractivity contribution in [3.8, 4) is 0 Å². The van der Waals surface area contributed by atoms with E-state index in [0.717, 1.165) is 25.8 Å². The summed E-state index contributed by atoms with van der Waals surface area (Å²) >= 11 is 0. The van der Waals surface area contributed by atoms with Crippen molar-refractivity contribution in [1.29, 1.82) is 0 Å². The summed E-state index contributed by atoms with van der Waals surface area (Å²) in [4.78, 5) is 4.16. The molecule has 2 nitrogen and oxygen atoms in total. The summed E-state index contributed by atoms with van der Waals surface area (Å²) in [5.41, 5.74) is 0. The van der Waals surface area contributed by atoms with E-state index in [2.05, 4.69) is 4.99 Å². The summed E-state index contributed by atoms with van der Waals surface area (Å²) in [6.45, 7) is 0.825. The summed E-state index contributed by atoms with van der Waals surface area (Å²) in [7, 11) is 0. The number of hydrogen-bond acceptors (Lipinski definition) is 1. The van der Waals surface area contributed by atoms with Gasteiger partial charge in [0.15, 0.2) is 5.90 Å². The SMILES string of the molecule is OC1=NCCCCCCCCCCC1.[CH]1[CH][CH][CH][CH]1.[CH]1[CH][CH][CH][CH]1.[Zr+2]. The maximum atomic E-state index is 9.41. The minimum absolute atomic E-state index is 0. The van der Waals surface area contributed by atoms with Gasteiger partial charge in [0.2, 0.25) is 0 Å². The van der Waals surface area contributed by atoms with Crippen LogP contribution >= 0.6 is 0 Å². The molecule has 0 saturated heterocycles. The molecule has 0 amide bonds. The fourth-order valence-corrected chi connectivity index (χ4v) is 2.56. The minimum Gasteiger partial charge on any atom is -0.497 e. The van der Waals surface area contributed by atoms with Gasteiger partial charge < -0.3 is 5.11 Å². The Morgan fingerprint density at radius 2 is 0.840 bits per heavy atom. The Morgan fingerprint density at radius 1 is 0.520 bits per heavy atom. The predicted octanol–water partition coefficient (Wildman–Crippen LogP) is 5.90. The van der Waals surface area contributed by atoms with Crippen molar-refractivity contribution in [2.45, 2.75) is 64.2 Å². The van der Waals surface area contributed by atoms with E-state index in [4.69, 9.17) is 0 Å². The number of rotatable bonds is 0. The minimum atomic E-state index is 0. The van der Waals surface area contributed by atoms with Crippen LogP contribution in [0.25, 0.3) is 0 Å². The molecule has 0 aromatic heterocycles. The van der Waals surface area contributed by atoms with Gasteiger partial charge in [-0.2, -0.15) is 0 Å². The van der Waals surface area contributed by atoms with E-state index in [1.165, 1.54) is 44.9 Å². The molecule has 2 aliphatic carbocycles. The smallest absolute Gasteiger partial charge is 0.497 e. The average molecular weight is 419 g/mol. The van der Waals surface area contributed by atoms with Gasteiger partial charge in [-0.1, -0.05) is 44.9 Å². The molecular formula is C22H33NOZr+2. The Balaban J connectivity index is 0.000000425. The van der Waals surface area contributed by atoms with Gasteiger partial charge in [0, 0.05) is 13.0 Å². The van der Waals surface area contributed by atoms with Crippen LogP contribution in [-0.2, 0) is 26.2 Å². The Labute approximate surface area is 176 Å². The monoisotopic (exact) mass is 417 g/mol. The molecule has 0 aromatic carbocycles. The van der Waals surface area contributed by atoms with Gasteiger partial charge in [-0.15, -0.1) is 0 Å². The molecule has 1 heterocycles. The van der Waals surface area contributed by atoms with E-state index in [1.807, 2.05) is 64.2 Å². The quantitative estimate of drug-likeness (QED) is 0.522. The van der Waals surface area contributed by atoms with Crippen LogP contribution in [0.5, 0.6) is 0 Å². The third-order valence-corrected chi connectivity index (χ3v) is 3.96. The van der Waals surface area contributed by atoms with Crippen LogP contribution in [0.15, 0.2) is 4.99 Å². The molecule has 0 spiro atoms. The maximum Gasteiger partial charge on any atom is 2.00 e. The largest absolute Gasteiger partial charge is 2.00 e. The molecule has 0 atom stereocenters. The third kappa shape index (κ3) is 18.9. The number of hydrogen-bond donors (Lipinski definition) is 1. The first-order valence-electron chi connectivity index (χ1n) is 9.45. The van der Waals surface area contributed by atoms with Crippen molar-refractivity contribution in [1.82, 2.24) is 0 Å². The Kier molecular flexibility index (Phi) is 21.0. The normalized spacial score (nSPS) is 22.3. The van der Waals surface area contributed by atoms with Gasteiger partial charge in [0.1, 0.15) is 0 Å². The van der Waals surface area contributed by atoms with Crippen LogP contribution in [0.4, 0.5) is 0 Å². The molecule has 2 saturated carbocycles. The zero-order chi connectivity index (χ0) is 17.1. The maximum absolute atomic E-state index is 9.41. The molecule has 0 bridgehead atoms. The average Bonchev–Trinajstić information content (AvgIpc) is 3.33. The van der Waals surface area contributed by atoms with Crippen LogP contribution in [0.1, 0.15) is 64.2 Å². The van der Waals surface area contributed by atoms with E-state index in [0.29, 0.717) is 5.90 Å². The van der Waals surface area contributed by atoms with Crippen LogP contribution in [-0.4, -0.2) is 17.5 Å². The first-order valence-corrected chi connectivity index (χ1v) is 9.45. The Morgan fingerprint density at radius 3 is 1.24 bits per heavy atom. The van der Waals surface area contributed by atoms with Gasteiger partial charge in [-0.25, -0.2) is 0 Å². The van der Waals surface area contributed by atoms with Crippen molar-refractivity contribution in [2.75, 3.05) is 6.54 Å². The second kappa shape index (κ2) is 20.7.